The Hall–Kier alpha value is -2.08. The Bertz CT molecular complexity index is 819. The Balaban J connectivity index is 1.68. The van der Waals surface area contributed by atoms with E-state index in [1.165, 1.54) is 11.1 Å². The molecule has 152 valence electrons. The SMILES string of the molecule is C[C@]12CC[C@@H]3c4ccc(O)cc4CC[C@H]3[C@@H]1CC[C@]2(O)C(CC(=O)O)C(=O)O. The zero-order valence-corrected chi connectivity index (χ0v) is 16.1. The van der Waals surface area contributed by atoms with Gasteiger partial charge in [-0.1, -0.05) is 13.0 Å². The number of phenols is 1. The monoisotopic (exact) mass is 388 g/mol. The minimum absolute atomic E-state index is 0.175. The van der Waals surface area contributed by atoms with Gasteiger partial charge in [0.15, 0.2) is 0 Å². The molecule has 0 heterocycles. The number of hydrogen-bond acceptors (Lipinski definition) is 4. The molecule has 6 heteroatoms. The van der Waals surface area contributed by atoms with Gasteiger partial charge in [-0.15, -0.1) is 0 Å². The van der Waals surface area contributed by atoms with Crippen LogP contribution in [0.2, 0.25) is 0 Å². The van der Waals surface area contributed by atoms with E-state index in [2.05, 4.69) is 0 Å². The van der Waals surface area contributed by atoms with E-state index in [0.29, 0.717) is 24.7 Å². The number of rotatable bonds is 4. The summed E-state index contributed by atoms with van der Waals surface area (Å²) < 4.78 is 0. The van der Waals surface area contributed by atoms with E-state index in [1.807, 2.05) is 19.1 Å². The number of benzene rings is 1. The molecule has 1 aromatic rings. The number of aryl methyl sites for hydroxylation is 1. The Labute approximate surface area is 164 Å². The molecule has 2 fully saturated rings. The highest BCUT2D eigenvalue weighted by molar-refractivity contribution is 5.79. The molecule has 2 saturated carbocycles. The zero-order chi connectivity index (χ0) is 20.3. The van der Waals surface area contributed by atoms with Crippen molar-refractivity contribution in [2.45, 2.75) is 63.4 Å². The van der Waals surface area contributed by atoms with Crippen molar-refractivity contribution in [3.05, 3.63) is 29.3 Å². The third-order valence-corrected chi connectivity index (χ3v) is 8.18. The molecule has 4 N–H and O–H groups in total. The van der Waals surface area contributed by atoms with Crippen LogP contribution in [0.1, 0.15) is 62.5 Å². The van der Waals surface area contributed by atoms with E-state index < -0.39 is 35.3 Å². The lowest BCUT2D eigenvalue weighted by Crippen LogP contribution is -2.56. The van der Waals surface area contributed by atoms with Gasteiger partial charge >= 0.3 is 11.9 Å². The van der Waals surface area contributed by atoms with Crippen LogP contribution in [0.4, 0.5) is 0 Å². The number of phenolic OH excluding ortho intramolecular Hbond substituents is 1. The summed E-state index contributed by atoms with van der Waals surface area (Å²) >= 11 is 0. The van der Waals surface area contributed by atoms with Crippen molar-refractivity contribution < 1.29 is 30.0 Å². The Morgan fingerprint density at radius 3 is 2.61 bits per heavy atom. The van der Waals surface area contributed by atoms with E-state index in [4.69, 9.17) is 0 Å². The summed E-state index contributed by atoms with van der Waals surface area (Å²) in [6, 6.07) is 5.58. The molecular weight excluding hydrogens is 360 g/mol. The number of aliphatic hydroxyl groups is 1. The van der Waals surface area contributed by atoms with Gasteiger partial charge in [-0.05, 0) is 79.5 Å². The standard InChI is InChI=1S/C22H28O6/c1-21-8-6-15-14-5-3-13(23)10-12(14)2-4-16(15)17(21)7-9-22(21,28)18(20(26)27)11-19(24)25/h3,5,10,15-18,23,28H,2,4,6-9,11H2,1H3,(H,24,25)(H,26,27)/t15-,16-,17+,18?,21+,22+/m1/s1. The van der Waals surface area contributed by atoms with Gasteiger partial charge in [0.05, 0.1) is 17.9 Å². The van der Waals surface area contributed by atoms with Crippen LogP contribution in [0, 0.1) is 23.2 Å². The summed E-state index contributed by atoms with van der Waals surface area (Å²) in [5.74, 6) is -2.53. The number of fused-ring (bicyclic) bond motifs is 5. The molecule has 0 aliphatic heterocycles. The van der Waals surface area contributed by atoms with Crippen LogP contribution in [-0.4, -0.2) is 38.0 Å². The molecule has 0 saturated heterocycles. The van der Waals surface area contributed by atoms with Crippen LogP contribution in [0.15, 0.2) is 18.2 Å². The molecule has 1 aromatic carbocycles. The van der Waals surface area contributed by atoms with Crippen molar-refractivity contribution in [3.8, 4) is 5.75 Å². The van der Waals surface area contributed by atoms with E-state index in [9.17, 15) is 30.0 Å². The van der Waals surface area contributed by atoms with E-state index >= 15 is 0 Å². The maximum Gasteiger partial charge on any atom is 0.310 e. The first kappa shape index (κ1) is 19.2. The van der Waals surface area contributed by atoms with E-state index in [0.717, 1.165) is 25.7 Å². The maximum absolute atomic E-state index is 11.9. The highest BCUT2D eigenvalue weighted by atomic mass is 16.4. The lowest BCUT2D eigenvalue weighted by Gasteiger charge is -2.54. The Kier molecular flexibility index (Phi) is 4.45. The molecule has 0 amide bonds. The summed E-state index contributed by atoms with van der Waals surface area (Å²) in [6.45, 7) is 1.98. The fourth-order valence-corrected chi connectivity index (χ4v) is 6.83. The highest BCUT2D eigenvalue weighted by Gasteiger charge is 2.65. The van der Waals surface area contributed by atoms with Gasteiger partial charge < -0.3 is 20.4 Å². The maximum atomic E-state index is 11.9. The molecule has 0 spiro atoms. The number of aliphatic carboxylic acids is 2. The molecule has 28 heavy (non-hydrogen) atoms. The largest absolute Gasteiger partial charge is 0.508 e. The van der Waals surface area contributed by atoms with Crippen molar-refractivity contribution in [2.24, 2.45) is 23.2 Å². The van der Waals surface area contributed by atoms with Crippen LogP contribution >= 0.6 is 0 Å². The molecule has 0 bridgehead atoms. The lowest BCUT2D eigenvalue weighted by molar-refractivity contribution is -0.177. The molecule has 3 aliphatic rings. The summed E-state index contributed by atoms with van der Waals surface area (Å²) in [7, 11) is 0. The second-order valence-corrected chi connectivity index (χ2v) is 9.21. The average Bonchev–Trinajstić information content (AvgIpc) is 2.91. The molecule has 0 radical (unpaired) electrons. The normalized spacial score (nSPS) is 37.4. The number of carboxylic acids is 2. The Morgan fingerprint density at radius 2 is 1.93 bits per heavy atom. The summed E-state index contributed by atoms with van der Waals surface area (Å²) in [6.07, 6.45) is 3.86. The van der Waals surface area contributed by atoms with Gasteiger partial charge in [0.25, 0.3) is 0 Å². The topological polar surface area (TPSA) is 115 Å². The molecule has 1 unspecified atom stereocenters. The third-order valence-electron chi connectivity index (χ3n) is 8.18. The predicted octanol–water partition coefficient (Wildman–Crippen LogP) is 3.15. The second kappa shape index (κ2) is 6.48. The van der Waals surface area contributed by atoms with Crippen molar-refractivity contribution in [1.82, 2.24) is 0 Å². The number of carboxylic acid groups (broad SMARTS) is 2. The van der Waals surface area contributed by atoms with Gasteiger partial charge in [0.1, 0.15) is 5.75 Å². The van der Waals surface area contributed by atoms with Gasteiger partial charge in [-0.3, -0.25) is 9.59 Å². The summed E-state index contributed by atoms with van der Waals surface area (Å²) in [5, 5.41) is 40.3. The van der Waals surface area contributed by atoms with E-state index in [1.54, 1.807) is 6.07 Å². The molecular formula is C22H28O6. The van der Waals surface area contributed by atoms with Gasteiger partial charge in [-0.25, -0.2) is 0 Å². The molecule has 4 rings (SSSR count). The summed E-state index contributed by atoms with van der Waals surface area (Å²) in [4.78, 5) is 23.2. The zero-order valence-electron chi connectivity index (χ0n) is 16.1. The van der Waals surface area contributed by atoms with Crippen LogP contribution < -0.4 is 0 Å². The second-order valence-electron chi connectivity index (χ2n) is 9.21. The number of hydrogen-bond donors (Lipinski definition) is 4. The van der Waals surface area contributed by atoms with Gasteiger partial charge in [-0.2, -0.15) is 0 Å². The average molecular weight is 388 g/mol. The van der Waals surface area contributed by atoms with Gasteiger partial charge in [0.2, 0.25) is 0 Å². The predicted molar refractivity (Wildman–Crippen MR) is 101 cm³/mol. The van der Waals surface area contributed by atoms with Crippen LogP contribution in [0.3, 0.4) is 0 Å². The molecule has 3 aliphatic carbocycles. The number of carbonyl (C=O) groups is 2. The molecule has 6 atom stereocenters. The van der Waals surface area contributed by atoms with Crippen LogP contribution in [0.25, 0.3) is 0 Å². The first-order chi connectivity index (χ1) is 13.2. The Morgan fingerprint density at radius 1 is 1.18 bits per heavy atom. The smallest absolute Gasteiger partial charge is 0.310 e. The van der Waals surface area contributed by atoms with Crippen molar-refractivity contribution in [2.75, 3.05) is 0 Å². The fourth-order valence-electron chi connectivity index (χ4n) is 6.83. The van der Waals surface area contributed by atoms with Gasteiger partial charge in [0, 0.05) is 5.41 Å². The molecule has 0 aromatic heterocycles. The minimum Gasteiger partial charge on any atom is -0.508 e. The quantitative estimate of drug-likeness (QED) is 0.630. The van der Waals surface area contributed by atoms with Crippen LogP contribution in [-0.2, 0) is 16.0 Å². The van der Waals surface area contributed by atoms with Crippen LogP contribution in [0.5, 0.6) is 5.75 Å². The highest BCUT2D eigenvalue weighted by Crippen LogP contribution is 2.66. The van der Waals surface area contributed by atoms with Crippen molar-refractivity contribution in [3.63, 3.8) is 0 Å². The molecule has 6 nitrogen and oxygen atoms in total. The lowest BCUT2D eigenvalue weighted by atomic mass is 9.51. The van der Waals surface area contributed by atoms with Crippen molar-refractivity contribution >= 4 is 11.9 Å². The summed E-state index contributed by atoms with van der Waals surface area (Å²) in [5.41, 5.74) is 0.364. The fraction of sp³-hybridized carbons (Fsp3) is 0.636. The number of aromatic hydroxyl groups is 1. The van der Waals surface area contributed by atoms with Crippen molar-refractivity contribution in [1.29, 1.82) is 0 Å². The minimum atomic E-state index is -1.50. The first-order valence-corrected chi connectivity index (χ1v) is 10.2. The first-order valence-electron chi connectivity index (χ1n) is 10.2. The third kappa shape index (κ3) is 2.65. The van der Waals surface area contributed by atoms with E-state index in [-0.39, 0.29) is 11.7 Å².